The van der Waals surface area contributed by atoms with Gasteiger partial charge in [-0.1, -0.05) is 28.1 Å². The number of carbonyl (C=O) groups is 1. The Hall–Kier alpha value is -1.20. The topological polar surface area (TPSA) is 42.0 Å². The summed E-state index contributed by atoms with van der Waals surface area (Å²) in [6, 6.07) is 6.25. The van der Waals surface area contributed by atoms with Crippen LogP contribution >= 0.6 is 27.3 Å². The molecule has 1 saturated carbocycles. The van der Waals surface area contributed by atoms with Gasteiger partial charge in [0.1, 0.15) is 5.69 Å². The van der Waals surface area contributed by atoms with Gasteiger partial charge in [-0.3, -0.25) is 4.79 Å². The van der Waals surface area contributed by atoms with E-state index in [2.05, 4.69) is 45.3 Å². The molecule has 1 aromatic heterocycles. The van der Waals surface area contributed by atoms with Gasteiger partial charge in [0.15, 0.2) is 0 Å². The third-order valence-electron chi connectivity index (χ3n) is 3.48. The van der Waals surface area contributed by atoms with E-state index in [9.17, 15) is 4.79 Å². The minimum absolute atomic E-state index is 0.0840. The Morgan fingerprint density at radius 1 is 1.47 bits per heavy atom. The van der Waals surface area contributed by atoms with Crippen LogP contribution in [-0.2, 0) is 5.54 Å². The molecule has 98 valence electrons. The number of nitrogens with zero attached hydrogens (tertiary/aromatic N) is 1. The minimum Gasteiger partial charge on any atom is -0.341 e. The smallest absolute Gasteiger partial charge is 0.271 e. The second kappa shape index (κ2) is 4.72. The first kappa shape index (κ1) is 12.8. The van der Waals surface area contributed by atoms with Crippen molar-refractivity contribution in [3.05, 3.63) is 50.4 Å². The van der Waals surface area contributed by atoms with Crippen molar-refractivity contribution >= 4 is 33.2 Å². The maximum Gasteiger partial charge on any atom is 0.271 e. The Morgan fingerprint density at radius 3 is 2.84 bits per heavy atom. The van der Waals surface area contributed by atoms with Gasteiger partial charge in [0.25, 0.3) is 5.91 Å². The van der Waals surface area contributed by atoms with Gasteiger partial charge in [-0.2, -0.15) is 0 Å². The predicted molar refractivity (Wildman–Crippen MR) is 79.4 cm³/mol. The molecule has 2 aromatic rings. The van der Waals surface area contributed by atoms with E-state index in [0.717, 1.165) is 17.3 Å². The Morgan fingerprint density at radius 2 is 2.26 bits per heavy atom. The van der Waals surface area contributed by atoms with Crippen LogP contribution in [0.25, 0.3) is 0 Å². The molecule has 19 heavy (non-hydrogen) atoms. The molecule has 1 aliphatic carbocycles. The van der Waals surface area contributed by atoms with Gasteiger partial charge >= 0.3 is 0 Å². The Kier molecular flexibility index (Phi) is 3.19. The molecule has 1 amide bonds. The average molecular weight is 337 g/mol. The number of thiazole rings is 1. The van der Waals surface area contributed by atoms with Crippen molar-refractivity contribution in [2.75, 3.05) is 0 Å². The second-order valence-corrected chi connectivity index (χ2v) is 6.45. The van der Waals surface area contributed by atoms with Gasteiger partial charge in [0.2, 0.25) is 0 Å². The van der Waals surface area contributed by atoms with E-state index in [1.54, 1.807) is 10.9 Å². The number of rotatable bonds is 3. The molecule has 3 rings (SSSR count). The van der Waals surface area contributed by atoms with E-state index in [4.69, 9.17) is 0 Å². The monoisotopic (exact) mass is 336 g/mol. The van der Waals surface area contributed by atoms with Crippen molar-refractivity contribution in [2.45, 2.75) is 25.3 Å². The van der Waals surface area contributed by atoms with Crippen molar-refractivity contribution in [1.29, 1.82) is 0 Å². The number of hydrogen-bond donors (Lipinski definition) is 1. The summed E-state index contributed by atoms with van der Waals surface area (Å²) in [6.07, 6.45) is 1.98. The lowest BCUT2D eigenvalue weighted by Crippen LogP contribution is -2.35. The van der Waals surface area contributed by atoms with Crippen LogP contribution in [0.2, 0.25) is 0 Å². The van der Waals surface area contributed by atoms with Crippen LogP contribution in [0.5, 0.6) is 0 Å². The first-order valence-electron chi connectivity index (χ1n) is 6.08. The summed E-state index contributed by atoms with van der Waals surface area (Å²) in [5.41, 5.74) is 4.36. The molecular weight excluding hydrogens is 324 g/mol. The summed E-state index contributed by atoms with van der Waals surface area (Å²) in [7, 11) is 0. The zero-order valence-electron chi connectivity index (χ0n) is 10.4. The van der Waals surface area contributed by atoms with Crippen molar-refractivity contribution in [1.82, 2.24) is 10.3 Å². The molecule has 1 aromatic carbocycles. The predicted octanol–water partition coefficient (Wildman–Crippen LogP) is 3.63. The number of benzene rings is 1. The lowest BCUT2D eigenvalue weighted by Gasteiger charge is -2.18. The van der Waals surface area contributed by atoms with E-state index in [0.29, 0.717) is 5.69 Å². The summed E-state index contributed by atoms with van der Waals surface area (Å²) < 4.78 is 1.10. The number of aryl methyl sites for hydroxylation is 1. The number of nitrogens with one attached hydrogen (secondary N) is 1. The molecule has 0 saturated heterocycles. The molecule has 3 nitrogen and oxygen atoms in total. The van der Waals surface area contributed by atoms with Gasteiger partial charge in [-0.05, 0) is 37.0 Å². The average Bonchev–Trinajstić information content (AvgIpc) is 2.96. The Balaban J connectivity index is 1.83. The summed E-state index contributed by atoms with van der Waals surface area (Å²) in [4.78, 5) is 16.2. The van der Waals surface area contributed by atoms with Crippen LogP contribution in [0, 0.1) is 6.92 Å². The van der Waals surface area contributed by atoms with E-state index < -0.39 is 0 Å². The summed E-state index contributed by atoms with van der Waals surface area (Å²) in [5.74, 6) is -0.0840. The molecule has 1 N–H and O–H groups in total. The van der Waals surface area contributed by atoms with Gasteiger partial charge in [0, 0.05) is 9.85 Å². The van der Waals surface area contributed by atoms with Crippen LogP contribution < -0.4 is 5.32 Å². The summed E-state index contributed by atoms with van der Waals surface area (Å²) in [5, 5.41) is 4.90. The minimum atomic E-state index is -0.188. The molecule has 1 heterocycles. The van der Waals surface area contributed by atoms with Gasteiger partial charge < -0.3 is 5.32 Å². The van der Waals surface area contributed by atoms with Gasteiger partial charge in [0.05, 0.1) is 11.0 Å². The number of amides is 1. The van der Waals surface area contributed by atoms with Crippen molar-refractivity contribution in [3.63, 3.8) is 0 Å². The maximum atomic E-state index is 12.1. The third-order valence-corrected chi connectivity index (χ3v) is 4.95. The maximum absolute atomic E-state index is 12.1. The molecule has 0 unspecified atom stereocenters. The van der Waals surface area contributed by atoms with E-state index in [1.165, 1.54) is 22.5 Å². The highest BCUT2D eigenvalue weighted by Gasteiger charge is 2.46. The molecule has 0 atom stereocenters. The molecule has 1 aliphatic rings. The first-order valence-corrected chi connectivity index (χ1v) is 7.82. The van der Waals surface area contributed by atoms with Crippen molar-refractivity contribution < 1.29 is 4.79 Å². The molecule has 0 spiro atoms. The normalized spacial score (nSPS) is 16.1. The molecule has 0 aliphatic heterocycles. The Bertz CT molecular complexity index is 620. The lowest BCUT2D eigenvalue weighted by atomic mass is 10.0. The van der Waals surface area contributed by atoms with E-state index >= 15 is 0 Å². The molecular formula is C14H13BrN2OS. The highest BCUT2D eigenvalue weighted by Crippen LogP contribution is 2.46. The van der Waals surface area contributed by atoms with E-state index in [-0.39, 0.29) is 11.4 Å². The number of aromatic nitrogens is 1. The molecule has 1 fully saturated rings. The zero-order valence-corrected chi connectivity index (χ0v) is 12.8. The van der Waals surface area contributed by atoms with Crippen LogP contribution in [0.4, 0.5) is 0 Å². The van der Waals surface area contributed by atoms with Crippen molar-refractivity contribution in [3.8, 4) is 0 Å². The van der Waals surface area contributed by atoms with Crippen molar-refractivity contribution in [2.24, 2.45) is 0 Å². The molecule has 0 bridgehead atoms. The molecule has 0 radical (unpaired) electrons. The summed E-state index contributed by atoms with van der Waals surface area (Å²) >= 11 is 4.94. The Labute approximate surface area is 124 Å². The highest BCUT2D eigenvalue weighted by molar-refractivity contribution is 9.10. The van der Waals surface area contributed by atoms with E-state index in [1.807, 2.05) is 6.07 Å². The van der Waals surface area contributed by atoms with Gasteiger partial charge in [-0.25, -0.2) is 4.98 Å². The standard InChI is InChI=1S/C14H13BrN2OS/c1-9-6-10(2-3-11(9)15)14(4-5-14)17-13(18)12-7-19-8-16-12/h2-3,6-8H,4-5H2,1H3,(H,17,18). The largest absolute Gasteiger partial charge is 0.341 e. The van der Waals surface area contributed by atoms with Gasteiger partial charge in [-0.15, -0.1) is 11.3 Å². The van der Waals surface area contributed by atoms with Crippen LogP contribution in [0.1, 0.15) is 34.5 Å². The SMILES string of the molecule is Cc1cc(C2(NC(=O)c3cscn3)CC2)ccc1Br. The third kappa shape index (κ3) is 2.44. The lowest BCUT2D eigenvalue weighted by molar-refractivity contribution is 0.0926. The van der Waals surface area contributed by atoms with Crippen LogP contribution in [-0.4, -0.2) is 10.9 Å². The number of hydrogen-bond acceptors (Lipinski definition) is 3. The number of halogens is 1. The first-order chi connectivity index (χ1) is 9.11. The van der Waals surface area contributed by atoms with Crippen LogP contribution in [0.15, 0.2) is 33.6 Å². The second-order valence-electron chi connectivity index (χ2n) is 4.87. The van der Waals surface area contributed by atoms with Crippen LogP contribution in [0.3, 0.4) is 0 Å². The molecule has 5 heteroatoms. The number of carbonyl (C=O) groups excluding carboxylic acids is 1. The zero-order chi connectivity index (χ0) is 13.5. The fourth-order valence-corrected chi connectivity index (χ4v) is 2.94. The quantitative estimate of drug-likeness (QED) is 0.929. The fourth-order valence-electron chi connectivity index (χ4n) is 2.16. The highest BCUT2D eigenvalue weighted by atomic mass is 79.9. The summed E-state index contributed by atoms with van der Waals surface area (Å²) in [6.45, 7) is 2.06. The fraction of sp³-hybridized carbons (Fsp3) is 0.286.